The van der Waals surface area contributed by atoms with Crippen LogP contribution in [0.15, 0.2) is 36.4 Å². The summed E-state index contributed by atoms with van der Waals surface area (Å²) >= 11 is 0. The van der Waals surface area contributed by atoms with Gasteiger partial charge >= 0.3 is 0 Å². The number of likely N-dealkylation sites (tertiary alicyclic amines) is 2. The predicted molar refractivity (Wildman–Crippen MR) is 132 cm³/mol. The highest BCUT2D eigenvalue weighted by atomic mass is 19.1. The summed E-state index contributed by atoms with van der Waals surface area (Å²) in [6.07, 6.45) is 1.29. The Balaban J connectivity index is 1.52. The quantitative estimate of drug-likeness (QED) is 0.662. The molecule has 8 heteroatoms. The topological polar surface area (TPSA) is 52.7 Å². The highest BCUT2D eigenvalue weighted by molar-refractivity contribution is 5.95. The molecule has 2 saturated heterocycles. The van der Waals surface area contributed by atoms with Gasteiger partial charge in [-0.2, -0.15) is 0 Å². The summed E-state index contributed by atoms with van der Waals surface area (Å²) in [5.41, 5.74) is 1.29. The number of piperidine rings is 1. The fourth-order valence-electron chi connectivity index (χ4n) is 5.58. The van der Waals surface area contributed by atoms with E-state index in [1.165, 1.54) is 31.3 Å². The average Bonchev–Trinajstić information content (AvgIpc) is 3.29. The first-order valence-electron chi connectivity index (χ1n) is 12.5. The van der Waals surface area contributed by atoms with Gasteiger partial charge in [0, 0.05) is 56.3 Å². The number of hydrogen-bond donors (Lipinski definition) is 1. The van der Waals surface area contributed by atoms with E-state index in [9.17, 15) is 22.8 Å². The van der Waals surface area contributed by atoms with Gasteiger partial charge in [-0.1, -0.05) is 12.1 Å². The second-order valence-corrected chi connectivity index (χ2v) is 10.9. The molecule has 0 aromatic heterocycles. The van der Waals surface area contributed by atoms with Gasteiger partial charge in [0.2, 0.25) is 5.91 Å². The van der Waals surface area contributed by atoms with E-state index in [4.69, 9.17) is 0 Å². The van der Waals surface area contributed by atoms with Crippen LogP contribution in [0.4, 0.5) is 13.2 Å². The maximum absolute atomic E-state index is 14.8. The molecule has 0 radical (unpaired) electrons. The smallest absolute Gasteiger partial charge is 0.251 e. The molecule has 0 unspecified atom stereocenters. The van der Waals surface area contributed by atoms with Crippen molar-refractivity contribution in [3.05, 3.63) is 70.5 Å². The van der Waals surface area contributed by atoms with Gasteiger partial charge < -0.3 is 10.2 Å². The van der Waals surface area contributed by atoms with E-state index < -0.39 is 23.4 Å². The normalized spacial score (nSPS) is 21.6. The fourth-order valence-corrected chi connectivity index (χ4v) is 5.58. The molecular weight excluding hydrogens is 467 g/mol. The SMILES string of the molecule is CNC(=O)c1cc(F)ccc1C1CCN(C(=O)[C@@H]2CN(C(C)(C)C)C[C@H]2c2ccc(F)cc2F)CC1. The Labute approximate surface area is 210 Å². The molecule has 0 spiro atoms. The summed E-state index contributed by atoms with van der Waals surface area (Å²) in [6, 6.07) is 7.87. The summed E-state index contributed by atoms with van der Waals surface area (Å²) in [5.74, 6) is -2.86. The highest BCUT2D eigenvalue weighted by Gasteiger charge is 2.44. The second-order valence-electron chi connectivity index (χ2n) is 10.9. The summed E-state index contributed by atoms with van der Waals surface area (Å²) in [5, 5.41) is 2.57. The number of nitrogens with one attached hydrogen (secondary N) is 1. The van der Waals surface area contributed by atoms with Crippen molar-refractivity contribution in [2.24, 2.45) is 5.92 Å². The van der Waals surface area contributed by atoms with Crippen LogP contribution in [0, 0.1) is 23.4 Å². The van der Waals surface area contributed by atoms with Crippen LogP contribution in [0.1, 0.15) is 66.9 Å². The average molecular weight is 502 g/mol. The Morgan fingerprint density at radius 1 is 0.917 bits per heavy atom. The van der Waals surface area contributed by atoms with Gasteiger partial charge in [-0.25, -0.2) is 13.2 Å². The molecular formula is C28H34F3N3O2. The lowest BCUT2D eigenvalue weighted by atomic mass is 9.84. The third-order valence-electron chi connectivity index (χ3n) is 7.68. The monoisotopic (exact) mass is 501 g/mol. The molecule has 2 atom stereocenters. The van der Waals surface area contributed by atoms with Gasteiger partial charge in [-0.3, -0.25) is 14.5 Å². The first-order chi connectivity index (χ1) is 17.0. The minimum atomic E-state index is -0.635. The van der Waals surface area contributed by atoms with Crippen LogP contribution < -0.4 is 5.32 Å². The zero-order valence-electron chi connectivity index (χ0n) is 21.3. The molecule has 2 aromatic rings. The molecule has 2 aromatic carbocycles. The van der Waals surface area contributed by atoms with Crippen LogP contribution in [0.25, 0.3) is 0 Å². The third-order valence-corrected chi connectivity index (χ3v) is 7.68. The van der Waals surface area contributed by atoms with Crippen LogP contribution in [0.3, 0.4) is 0 Å². The van der Waals surface area contributed by atoms with Crippen molar-refractivity contribution in [3.8, 4) is 0 Å². The molecule has 36 heavy (non-hydrogen) atoms. The number of hydrogen-bond acceptors (Lipinski definition) is 3. The lowest BCUT2D eigenvalue weighted by Crippen LogP contribution is -2.44. The standard InChI is InChI=1S/C28H34F3N3O2/c1-28(2,3)34-15-23(21-8-6-19(30)14-25(21)31)24(16-34)27(36)33-11-9-17(10-12-33)20-7-5-18(29)13-22(20)26(35)32-4/h5-8,13-14,17,23-24H,9-12,15-16H2,1-4H3,(H,32,35)/t23-,24+/m0/s1. The second kappa shape index (κ2) is 10.2. The Kier molecular flexibility index (Phi) is 7.46. The van der Waals surface area contributed by atoms with Crippen LogP contribution in [-0.4, -0.2) is 60.4 Å². The van der Waals surface area contributed by atoms with E-state index in [0.29, 0.717) is 50.1 Å². The maximum atomic E-state index is 14.8. The van der Waals surface area contributed by atoms with Crippen LogP contribution >= 0.6 is 0 Å². The Morgan fingerprint density at radius 2 is 1.53 bits per heavy atom. The lowest BCUT2D eigenvalue weighted by Gasteiger charge is -2.35. The number of benzene rings is 2. The maximum Gasteiger partial charge on any atom is 0.251 e. The summed E-state index contributed by atoms with van der Waals surface area (Å²) in [4.78, 5) is 30.0. The molecule has 0 bridgehead atoms. The summed E-state index contributed by atoms with van der Waals surface area (Å²) in [6.45, 7) is 8.21. The van der Waals surface area contributed by atoms with Crippen LogP contribution in [-0.2, 0) is 4.79 Å². The molecule has 2 aliphatic heterocycles. The number of halogens is 3. The Morgan fingerprint density at radius 3 is 2.11 bits per heavy atom. The molecule has 4 rings (SSSR count). The minimum absolute atomic E-state index is 0.0282. The number of amides is 2. The van der Waals surface area contributed by atoms with E-state index in [-0.39, 0.29) is 29.2 Å². The van der Waals surface area contributed by atoms with Crippen molar-refractivity contribution in [2.75, 3.05) is 33.2 Å². The lowest BCUT2D eigenvalue weighted by molar-refractivity contribution is -0.136. The van der Waals surface area contributed by atoms with E-state index in [1.54, 1.807) is 6.07 Å². The minimum Gasteiger partial charge on any atom is -0.355 e. The largest absolute Gasteiger partial charge is 0.355 e. The molecule has 2 aliphatic rings. The van der Waals surface area contributed by atoms with Gasteiger partial charge in [0.15, 0.2) is 0 Å². The zero-order valence-corrected chi connectivity index (χ0v) is 21.3. The first-order valence-corrected chi connectivity index (χ1v) is 12.5. The third kappa shape index (κ3) is 5.28. The summed E-state index contributed by atoms with van der Waals surface area (Å²) in [7, 11) is 1.52. The molecule has 0 saturated carbocycles. The van der Waals surface area contributed by atoms with E-state index in [1.807, 2.05) is 4.90 Å². The van der Waals surface area contributed by atoms with E-state index in [2.05, 4.69) is 31.0 Å². The molecule has 1 N–H and O–H groups in total. The van der Waals surface area contributed by atoms with Crippen molar-refractivity contribution in [3.63, 3.8) is 0 Å². The van der Waals surface area contributed by atoms with Gasteiger partial charge in [0.05, 0.1) is 5.92 Å². The van der Waals surface area contributed by atoms with Crippen molar-refractivity contribution in [1.29, 1.82) is 0 Å². The highest BCUT2D eigenvalue weighted by Crippen LogP contribution is 2.39. The summed E-state index contributed by atoms with van der Waals surface area (Å²) < 4.78 is 42.1. The van der Waals surface area contributed by atoms with Gasteiger partial charge in [0.25, 0.3) is 5.91 Å². The number of rotatable bonds is 4. The van der Waals surface area contributed by atoms with E-state index >= 15 is 0 Å². The molecule has 2 amide bonds. The van der Waals surface area contributed by atoms with Crippen molar-refractivity contribution in [2.45, 2.75) is 51.0 Å². The molecule has 0 aliphatic carbocycles. The zero-order chi connectivity index (χ0) is 26.2. The molecule has 194 valence electrons. The van der Waals surface area contributed by atoms with Gasteiger partial charge in [-0.15, -0.1) is 0 Å². The number of carbonyl (C=O) groups excluding carboxylic acids is 2. The molecule has 2 fully saturated rings. The van der Waals surface area contributed by atoms with Gasteiger partial charge in [-0.05, 0) is 68.9 Å². The van der Waals surface area contributed by atoms with Crippen molar-refractivity contribution in [1.82, 2.24) is 15.1 Å². The molecule has 2 heterocycles. The first kappa shape index (κ1) is 26.2. The van der Waals surface area contributed by atoms with Gasteiger partial charge in [0.1, 0.15) is 17.5 Å². The Bertz CT molecular complexity index is 1140. The van der Waals surface area contributed by atoms with Crippen molar-refractivity contribution < 1.29 is 22.8 Å². The van der Waals surface area contributed by atoms with Crippen molar-refractivity contribution >= 4 is 11.8 Å². The number of carbonyl (C=O) groups is 2. The predicted octanol–water partition coefficient (Wildman–Crippen LogP) is 4.68. The molecule has 5 nitrogen and oxygen atoms in total. The van der Waals surface area contributed by atoms with E-state index in [0.717, 1.165) is 11.6 Å². The Hall–Kier alpha value is -2.87. The number of nitrogens with zero attached hydrogens (tertiary/aromatic N) is 2. The van der Waals surface area contributed by atoms with Crippen LogP contribution in [0.2, 0.25) is 0 Å². The fraction of sp³-hybridized carbons (Fsp3) is 0.500. The van der Waals surface area contributed by atoms with Crippen LogP contribution in [0.5, 0.6) is 0 Å².